The van der Waals surface area contributed by atoms with Gasteiger partial charge >= 0.3 is 0 Å². The molecule has 5 nitrogen and oxygen atoms in total. The Morgan fingerprint density at radius 2 is 2.00 bits per heavy atom. The summed E-state index contributed by atoms with van der Waals surface area (Å²) in [6.45, 7) is 2.44. The largest absolute Gasteiger partial charge is 0.324 e. The van der Waals surface area contributed by atoms with E-state index in [-0.39, 0.29) is 11.9 Å². The number of benzene rings is 2. The highest BCUT2D eigenvalue weighted by atomic mass is 32.1. The fourth-order valence-corrected chi connectivity index (χ4v) is 3.50. The molecule has 0 fully saturated rings. The van der Waals surface area contributed by atoms with Gasteiger partial charge in [-0.25, -0.2) is 4.98 Å². The summed E-state index contributed by atoms with van der Waals surface area (Å²) in [5.74, 6) is -0.147. The van der Waals surface area contributed by atoms with Crippen molar-refractivity contribution >= 4 is 33.1 Å². The first-order valence-electron chi connectivity index (χ1n) is 7.93. The van der Waals surface area contributed by atoms with Crippen molar-refractivity contribution in [2.75, 3.05) is 12.4 Å². The number of nitrogens with one attached hydrogen (secondary N) is 1. The summed E-state index contributed by atoms with van der Waals surface area (Å²) in [6, 6.07) is 16.7. The monoisotopic (exact) mass is 350 g/mol. The lowest BCUT2D eigenvalue weighted by atomic mass is 10.2. The van der Waals surface area contributed by atoms with E-state index in [0.717, 1.165) is 15.2 Å². The number of amides is 1. The van der Waals surface area contributed by atoms with Crippen molar-refractivity contribution in [2.45, 2.75) is 19.5 Å². The van der Waals surface area contributed by atoms with Crippen molar-refractivity contribution in [3.8, 4) is 6.07 Å². The zero-order valence-corrected chi connectivity index (χ0v) is 14.9. The molecule has 0 saturated carbocycles. The number of aromatic nitrogens is 1. The van der Waals surface area contributed by atoms with Gasteiger partial charge in [-0.1, -0.05) is 24.3 Å². The van der Waals surface area contributed by atoms with E-state index in [1.165, 1.54) is 0 Å². The predicted molar refractivity (Wildman–Crippen MR) is 100 cm³/mol. The lowest BCUT2D eigenvalue weighted by molar-refractivity contribution is -0.120. The number of fused-ring (bicyclic) bond motifs is 1. The van der Waals surface area contributed by atoms with Gasteiger partial charge in [0.25, 0.3) is 0 Å². The molecule has 1 aromatic heterocycles. The lowest BCUT2D eigenvalue weighted by Crippen LogP contribution is -2.39. The van der Waals surface area contributed by atoms with Crippen LogP contribution < -0.4 is 5.32 Å². The molecule has 25 heavy (non-hydrogen) atoms. The highest BCUT2D eigenvalue weighted by Gasteiger charge is 2.20. The van der Waals surface area contributed by atoms with Crippen LogP contribution in [0.3, 0.4) is 0 Å². The van der Waals surface area contributed by atoms with Crippen LogP contribution in [0.15, 0.2) is 48.5 Å². The third-order valence-corrected chi connectivity index (χ3v) is 5.09. The van der Waals surface area contributed by atoms with Gasteiger partial charge in [0, 0.05) is 0 Å². The molecule has 0 unspecified atom stereocenters. The van der Waals surface area contributed by atoms with E-state index in [1.807, 2.05) is 43.1 Å². The Kier molecular flexibility index (Phi) is 5.08. The van der Waals surface area contributed by atoms with E-state index >= 15 is 0 Å². The van der Waals surface area contributed by atoms with Crippen LogP contribution in [-0.2, 0) is 11.3 Å². The van der Waals surface area contributed by atoms with Crippen LogP contribution in [-0.4, -0.2) is 28.9 Å². The minimum Gasteiger partial charge on any atom is -0.324 e. The third kappa shape index (κ3) is 3.85. The molecule has 6 heteroatoms. The number of nitrogens with zero attached hydrogens (tertiary/aromatic N) is 3. The predicted octanol–water partition coefficient (Wildman–Crippen LogP) is 3.63. The molecule has 1 heterocycles. The van der Waals surface area contributed by atoms with Crippen molar-refractivity contribution in [2.24, 2.45) is 0 Å². The van der Waals surface area contributed by atoms with Gasteiger partial charge in [0.1, 0.15) is 11.1 Å². The molecule has 1 N–H and O–H groups in total. The highest BCUT2D eigenvalue weighted by Crippen LogP contribution is 2.23. The lowest BCUT2D eigenvalue weighted by Gasteiger charge is -2.23. The molecule has 126 valence electrons. The van der Waals surface area contributed by atoms with Crippen LogP contribution in [0.1, 0.15) is 17.5 Å². The van der Waals surface area contributed by atoms with Crippen molar-refractivity contribution in [3.63, 3.8) is 0 Å². The SMILES string of the molecule is C[C@@H](C(=O)Nc1ccccc1C#N)N(C)Cc1nc2ccccc2s1. The third-order valence-electron chi connectivity index (χ3n) is 4.07. The molecule has 0 spiro atoms. The number of para-hydroxylation sites is 2. The topological polar surface area (TPSA) is 69.0 Å². The molecule has 0 radical (unpaired) electrons. The zero-order valence-electron chi connectivity index (χ0n) is 14.1. The molecule has 0 aliphatic rings. The van der Waals surface area contributed by atoms with E-state index < -0.39 is 0 Å². The van der Waals surface area contributed by atoms with Gasteiger partial charge in [0.15, 0.2) is 0 Å². The first-order chi connectivity index (χ1) is 12.1. The van der Waals surface area contributed by atoms with Crippen molar-refractivity contribution in [1.82, 2.24) is 9.88 Å². The van der Waals surface area contributed by atoms with E-state index in [4.69, 9.17) is 5.26 Å². The summed E-state index contributed by atoms with van der Waals surface area (Å²) in [5.41, 5.74) is 1.98. The van der Waals surface area contributed by atoms with Gasteiger partial charge in [0.05, 0.1) is 34.1 Å². The van der Waals surface area contributed by atoms with Gasteiger partial charge in [-0.3, -0.25) is 9.69 Å². The summed E-state index contributed by atoms with van der Waals surface area (Å²) in [7, 11) is 1.90. The molecule has 0 bridgehead atoms. The van der Waals surface area contributed by atoms with Crippen LogP contribution in [0.5, 0.6) is 0 Å². The summed E-state index contributed by atoms with van der Waals surface area (Å²) in [6.07, 6.45) is 0. The second kappa shape index (κ2) is 7.43. The number of carbonyl (C=O) groups is 1. The fourth-order valence-electron chi connectivity index (χ4n) is 2.46. The maximum absolute atomic E-state index is 12.5. The van der Waals surface area contributed by atoms with Gasteiger partial charge in [-0.15, -0.1) is 11.3 Å². The molecule has 0 saturated heterocycles. The highest BCUT2D eigenvalue weighted by molar-refractivity contribution is 7.18. The summed E-state index contributed by atoms with van der Waals surface area (Å²) in [4.78, 5) is 19.1. The minimum atomic E-state index is -0.348. The van der Waals surface area contributed by atoms with Gasteiger partial charge in [-0.05, 0) is 38.2 Å². The van der Waals surface area contributed by atoms with Crippen molar-refractivity contribution in [1.29, 1.82) is 5.26 Å². The normalized spacial score (nSPS) is 12.1. The summed E-state index contributed by atoms with van der Waals surface area (Å²) in [5, 5.41) is 12.9. The second-order valence-corrected chi connectivity index (χ2v) is 6.93. The van der Waals surface area contributed by atoms with Crippen LogP contribution in [0.4, 0.5) is 5.69 Å². The average Bonchev–Trinajstić information content (AvgIpc) is 3.03. The van der Waals surface area contributed by atoms with Gasteiger partial charge in [0.2, 0.25) is 5.91 Å². The van der Waals surface area contributed by atoms with Crippen molar-refractivity contribution < 1.29 is 4.79 Å². The Morgan fingerprint density at radius 1 is 1.28 bits per heavy atom. The van der Waals surface area contributed by atoms with Gasteiger partial charge in [-0.2, -0.15) is 5.26 Å². The number of nitriles is 1. The quantitative estimate of drug-likeness (QED) is 0.763. The zero-order chi connectivity index (χ0) is 17.8. The van der Waals surface area contributed by atoms with Crippen molar-refractivity contribution in [3.05, 3.63) is 59.1 Å². The Labute approximate surface area is 150 Å². The molecule has 3 aromatic rings. The number of anilines is 1. The smallest absolute Gasteiger partial charge is 0.241 e. The maximum Gasteiger partial charge on any atom is 0.241 e. The molecule has 0 aliphatic heterocycles. The molecule has 1 amide bonds. The average molecular weight is 350 g/mol. The Bertz CT molecular complexity index is 911. The minimum absolute atomic E-state index is 0.147. The number of likely N-dealkylation sites (N-methyl/N-ethyl adjacent to an activating group) is 1. The maximum atomic E-state index is 12.5. The Balaban J connectivity index is 1.68. The van der Waals surface area contributed by atoms with Gasteiger partial charge < -0.3 is 5.32 Å². The number of carbonyl (C=O) groups excluding carboxylic acids is 1. The molecule has 1 atom stereocenters. The van der Waals surface area contributed by atoms with E-state index in [1.54, 1.807) is 35.6 Å². The molecule has 3 rings (SSSR count). The Hall–Kier alpha value is -2.75. The van der Waals surface area contributed by atoms with Crippen LogP contribution in [0, 0.1) is 11.3 Å². The number of hydrogen-bond acceptors (Lipinski definition) is 5. The number of rotatable bonds is 5. The molecule has 0 aliphatic carbocycles. The molecular weight excluding hydrogens is 332 g/mol. The first-order valence-corrected chi connectivity index (χ1v) is 8.75. The fraction of sp³-hybridized carbons (Fsp3) is 0.211. The number of thiazole rings is 1. The second-order valence-electron chi connectivity index (χ2n) is 5.81. The molecule has 2 aromatic carbocycles. The van der Waals surface area contributed by atoms with Crippen LogP contribution in [0.25, 0.3) is 10.2 Å². The van der Waals surface area contributed by atoms with Crippen LogP contribution >= 0.6 is 11.3 Å². The standard InChI is InChI=1S/C19H18N4OS/c1-13(19(24)22-15-8-4-3-7-14(15)11-20)23(2)12-18-21-16-9-5-6-10-17(16)25-18/h3-10,13H,12H2,1-2H3,(H,22,24)/t13-/m0/s1. The van der Waals surface area contributed by atoms with E-state index in [0.29, 0.717) is 17.8 Å². The van der Waals surface area contributed by atoms with E-state index in [2.05, 4.69) is 16.4 Å². The first kappa shape index (κ1) is 17.1. The molecular formula is C19H18N4OS. The Morgan fingerprint density at radius 3 is 2.76 bits per heavy atom. The number of hydrogen-bond donors (Lipinski definition) is 1. The summed E-state index contributed by atoms with van der Waals surface area (Å²) < 4.78 is 1.14. The van der Waals surface area contributed by atoms with Crippen LogP contribution in [0.2, 0.25) is 0 Å². The van der Waals surface area contributed by atoms with E-state index in [9.17, 15) is 4.79 Å². The summed E-state index contributed by atoms with van der Waals surface area (Å²) >= 11 is 1.64.